The Bertz CT molecular complexity index is 1050. The number of carbonyl (C=O) groups excluding carboxylic acids is 2. The molecule has 0 spiro atoms. The second kappa shape index (κ2) is 7.20. The minimum atomic E-state index is -0.685. The van der Waals surface area contributed by atoms with Gasteiger partial charge in [-0.1, -0.05) is 12.1 Å². The number of hydrogen-bond acceptors (Lipinski definition) is 8. The standard InChI is InChI=1S/C21H17N3O5/c1-23-15-5-3-4-6-16(15)24(2)20(23)14(10-22)17(25)11-27-21(26)13-7-8-18-19(9-13)29-12-28-18/h3-9H,11-12H2,1-2H3. The van der Waals surface area contributed by atoms with Crippen molar-refractivity contribution in [3.8, 4) is 17.6 Å². The highest BCUT2D eigenvalue weighted by molar-refractivity contribution is 6.04. The third kappa shape index (κ3) is 3.12. The average Bonchev–Trinajstić information content (AvgIpc) is 3.31. The van der Waals surface area contributed by atoms with Gasteiger partial charge >= 0.3 is 5.97 Å². The van der Waals surface area contributed by atoms with E-state index in [1.807, 2.05) is 30.3 Å². The largest absolute Gasteiger partial charge is 0.454 e. The van der Waals surface area contributed by atoms with E-state index in [4.69, 9.17) is 14.2 Å². The van der Waals surface area contributed by atoms with Crippen molar-refractivity contribution < 1.29 is 23.8 Å². The lowest BCUT2D eigenvalue weighted by atomic mass is 10.1. The molecule has 2 aromatic carbocycles. The zero-order valence-corrected chi connectivity index (χ0v) is 15.8. The molecule has 0 atom stereocenters. The first-order valence-corrected chi connectivity index (χ1v) is 8.82. The number of ether oxygens (including phenoxy) is 3. The fraction of sp³-hybridized carbons (Fsp3) is 0.190. The number of benzene rings is 2. The first-order valence-electron chi connectivity index (χ1n) is 8.82. The topological polar surface area (TPSA) is 92.1 Å². The van der Waals surface area contributed by atoms with E-state index in [0.717, 1.165) is 11.4 Å². The van der Waals surface area contributed by atoms with Crippen LogP contribution in [0.2, 0.25) is 0 Å². The van der Waals surface area contributed by atoms with Gasteiger partial charge < -0.3 is 24.0 Å². The predicted octanol–water partition coefficient (Wildman–Crippen LogP) is 2.46. The Morgan fingerprint density at radius 2 is 1.72 bits per heavy atom. The predicted molar refractivity (Wildman–Crippen MR) is 104 cm³/mol. The number of esters is 1. The number of carbonyl (C=O) groups is 2. The van der Waals surface area contributed by atoms with Crippen molar-refractivity contribution in [2.24, 2.45) is 0 Å². The number of ketones is 1. The summed E-state index contributed by atoms with van der Waals surface area (Å²) in [5, 5.41) is 9.61. The van der Waals surface area contributed by atoms with Gasteiger partial charge in [0.05, 0.1) is 16.9 Å². The van der Waals surface area contributed by atoms with Crippen LogP contribution in [0, 0.1) is 11.3 Å². The fourth-order valence-corrected chi connectivity index (χ4v) is 3.37. The second-order valence-corrected chi connectivity index (χ2v) is 6.48. The summed E-state index contributed by atoms with van der Waals surface area (Å²) in [6, 6.07) is 14.1. The molecular formula is C21H17N3O5. The maximum absolute atomic E-state index is 12.7. The summed E-state index contributed by atoms with van der Waals surface area (Å²) in [5.74, 6) is 0.162. The summed E-state index contributed by atoms with van der Waals surface area (Å²) in [6.45, 7) is -0.452. The van der Waals surface area contributed by atoms with Gasteiger partial charge in [-0.05, 0) is 30.3 Å². The first-order chi connectivity index (χ1) is 14.0. The molecule has 2 aliphatic heterocycles. The smallest absolute Gasteiger partial charge is 0.338 e. The van der Waals surface area contributed by atoms with E-state index in [1.54, 1.807) is 30.0 Å². The van der Waals surface area contributed by atoms with Crippen molar-refractivity contribution in [1.29, 1.82) is 5.26 Å². The number of rotatable bonds is 4. The Morgan fingerprint density at radius 1 is 1.07 bits per heavy atom. The Morgan fingerprint density at radius 3 is 2.38 bits per heavy atom. The van der Waals surface area contributed by atoms with Gasteiger partial charge in [-0.2, -0.15) is 5.26 Å². The summed E-state index contributed by atoms with van der Waals surface area (Å²) in [6.07, 6.45) is 0. The van der Waals surface area contributed by atoms with Crippen molar-refractivity contribution in [2.45, 2.75) is 0 Å². The van der Waals surface area contributed by atoms with Gasteiger partial charge in [0.2, 0.25) is 12.6 Å². The highest BCUT2D eigenvalue weighted by Crippen LogP contribution is 2.40. The molecule has 0 aliphatic carbocycles. The highest BCUT2D eigenvalue weighted by atomic mass is 16.7. The van der Waals surface area contributed by atoms with Crippen molar-refractivity contribution in [3.05, 3.63) is 59.4 Å². The number of anilines is 2. The van der Waals surface area contributed by atoms with Crippen LogP contribution in [0.3, 0.4) is 0 Å². The highest BCUT2D eigenvalue weighted by Gasteiger charge is 2.31. The molecule has 0 fully saturated rings. The summed E-state index contributed by atoms with van der Waals surface area (Å²) >= 11 is 0. The molecule has 4 rings (SSSR count). The van der Waals surface area contributed by atoms with Gasteiger partial charge in [0, 0.05) is 14.1 Å². The molecule has 0 saturated carbocycles. The summed E-state index contributed by atoms with van der Waals surface area (Å²) in [7, 11) is 3.56. The lowest BCUT2D eigenvalue weighted by Gasteiger charge is -2.19. The monoisotopic (exact) mass is 391 g/mol. The SMILES string of the molecule is CN1C(=C(C#N)C(=O)COC(=O)c2ccc3c(c2)OCO3)N(C)c2ccccc21. The molecule has 8 nitrogen and oxygen atoms in total. The van der Waals surface area contributed by atoms with Gasteiger partial charge in [0.15, 0.2) is 18.1 Å². The van der Waals surface area contributed by atoms with Gasteiger partial charge in [-0.15, -0.1) is 0 Å². The molecule has 0 aromatic heterocycles. The third-order valence-corrected chi connectivity index (χ3v) is 4.80. The van der Waals surface area contributed by atoms with Crippen molar-refractivity contribution in [3.63, 3.8) is 0 Å². The normalized spacial score (nSPS) is 13.8. The van der Waals surface area contributed by atoms with Crippen LogP contribution in [0.5, 0.6) is 11.5 Å². The minimum Gasteiger partial charge on any atom is -0.454 e. The molecule has 2 heterocycles. The zero-order chi connectivity index (χ0) is 20.5. The average molecular weight is 391 g/mol. The van der Waals surface area contributed by atoms with Crippen LogP contribution in [0.1, 0.15) is 10.4 Å². The number of para-hydroxylation sites is 2. The maximum atomic E-state index is 12.7. The number of Topliss-reactive ketones (excluding diaryl/α,β-unsaturated/α-hetero) is 1. The first kappa shape index (κ1) is 18.4. The van der Waals surface area contributed by atoms with Crippen LogP contribution < -0.4 is 19.3 Å². The van der Waals surface area contributed by atoms with E-state index in [1.165, 1.54) is 12.1 Å². The molecule has 0 radical (unpaired) electrons. The molecule has 0 amide bonds. The van der Waals surface area contributed by atoms with Crippen LogP contribution in [-0.4, -0.2) is 39.2 Å². The van der Waals surface area contributed by atoms with Crippen molar-refractivity contribution >= 4 is 23.1 Å². The Balaban J connectivity index is 1.51. The lowest BCUT2D eigenvalue weighted by molar-refractivity contribution is -0.118. The van der Waals surface area contributed by atoms with Crippen molar-refractivity contribution in [2.75, 3.05) is 37.3 Å². The van der Waals surface area contributed by atoms with Gasteiger partial charge in [-0.25, -0.2) is 4.79 Å². The van der Waals surface area contributed by atoms with Gasteiger partial charge in [-0.3, -0.25) is 4.79 Å². The van der Waals surface area contributed by atoms with E-state index in [2.05, 4.69) is 0 Å². The molecule has 8 heteroatoms. The Kier molecular flexibility index (Phi) is 4.56. The third-order valence-electron chi connectivity index (χ3n) is 4.80. The summed E-state index contributed by atoms with van der Waals surface area (Å²) in [4.78, 5) is 28.5. The number of nitrogens with zero attached hydrogens (tertiary/aromatic N) is 3. The van der Waals surface area contributed by atoms with Crippen LogP contribution in [-0.2, 0) is 9.53 Å². The van der Waals surface area contributed by atoms with E-state index in [0.29, 0.717) is 17.3 Å². The lowest BCUT2D eigenvalue weighted by Crippen LogP contribution is -2.27. The quantitative estimate of drug-likeness (QED) is 0.446. The Labute approximate surface area is 167 Å². The molecule has 146 valence electrons. The number of hydrogen-bond donors (Lipinski definition) is 0. The maximum Gasteiger partial charge on any atom is 0.338 e. The molecule has 0 saturated heterocycles. The van der Waals surface area contributed by atoms with Crippen LogP contribution in [0.25, 0.3) is 0 Å². The molecule has 2 aromatic rings. The molecule has 29 heavy (non-hydrogen) atoms. The molecule has 0 bridgehead atoms. The summed E-state index contributed by atoms with van der Waals surface area (Å²) < 4.78 is 15.6. The molecular weight excluding hydrogens is 374 g/mol. The van der Waals surface area contributed by atoms with Crippen LogP contribution in [0.15, 0.2) is 53.9 Å². The number of nitriles is 1. The fourth-order valence-electron chi connectivity index (χ4n) is 3.37. The van der Waals surface area contributed by atoms with Gasteiger partial charge in [0.1, 0.15) is 17.5 Å². The van der Waals surface area contributed by atoms with E-state index in [-0.39, 0.29) is 17.9 Å². The van der Waals surface area contributed by atoms with Crippen LogP contribution >= 0.6 is 0 Å². The van der Waals surface area contributed by atoms with E-state index >= 15 is 0 Å². The Hall–Kier alpha value is -3.99. The van der Waals surface area contributed by atoms with E-state index < -0.39 is 18.4 Å². The van der Waals surface area contributed by atoms with Gasteiger partial charge in [0.25, 0.3) is 0 Å². The summed E-state index contributed by atoms with van der Waals surface area (Å²) in [5.41, 5.74) is 1.91. The van der Waals surface area contributed by atoms with Crippen LogP contribution in [0.4, 0.5) is 11.4 Å². The molecule has 2 aliphatic rings. The molecule has 0 unspecified atom stereocenters. The molecule has 0 N–H and O–H groups in total. The minimum absolute atomic E-state index is 0.0790. The number of fused-ring (bicyclic) bond motifs is 2. The zero-order valence-electron chi connectivity index (χ0n) is 15.8. The second-order valence-electron chi connectivity index (χ2n) is 6.48. The van der Waals surface area contributed by atoms with E-state index in [9.17, 15) is 14.9 Å². The van der Waals surface area contributed by atoms with Crippen molar-refractivity contribution in [1.82, 2.24) is 0 Å².